The first-order chi connectivity index (χ1) is 8.25. The summed E-state index contributed by atoms with van der Waals surface area (Å²) < 4.78 is 0. The first kappa shape index (κ1) is 11.9. The maximum Gasteiger partial charge on any atom is 0.221 e. The van der Waals surface area contributed by atoms with Crippen molar-refractivity contribution >= 4 is 5.91 Å². The summed E-state index contributed by atoms with van der Waals surface area (Å²) >= 11 is 0. The van der Waals surface area contributed by atoms with Gasteiger partial charge in [-0.05, 0) is 32.1 Å². The second kappa shape index (κ2) is 5.66. The van der Waals surface area contributed by atoms with Crippen molar-refractivity contribution in [3.8, 4) is 0 Å². The van der Waals surface area contributed by atoms with Crippen LogP contribution in [-0.2, 0) is 4.79 Å². The molecule has 2 atom stereocenters. The molecule has 0 aromatic carbocycles. The second-order valence-electron chi connectivity index (χ2n) is 4.64. The smallest absolute Gasteiger partial charge is 0.221 e. The lowest BCUT2D eigenvalue weighted by Crippen LogP contribution is -2.28. The van der Waals surface area contributed by atoms with Crippen molar-refractivity contribution in [2.45, 2.75) is 38.6 Å². The Morgan fingerprint density at radius 3 is 3.24 bits per heavy atom. The van der Waals surface area contributed by atoms with E-state index in [0.717, 1.165) is 18.4 Å². The van der Waals surface area contributed by atoms with Crippen LogP contribution in [-0.4, -0.2) is 16.1 Å². The maximum atomic E-state index is 11.8. The largest absolute Gasteiger partial charge is 0.349 e. The van der Waals surface area contributed by atoms with Crippen LogP contribution in [0.5, 0.6) is 0 Å². The lowest BCUT2D eigenvalue weighted by atomic mass is 9.93. The number of H-pyrrole nitrogens is 1. The maximum absolute atomic E-state index is 11.8. The molecule has 4 nitrogen and oxygen atoms in total. The molecule has 4 heteroatoms. The lowest BCUT2D eigenvalue weighted by Gasteiger charge is -2.17. The average molecular weight is 233 g/mol. The Labute approximate surface area is 101 Å². The Balaban J connectivity index is 1.80. The Kier molecular flexibility index (Phi) is 3.96. The second-order valence-corrected chi connectivity index (χ2v) is 4.64. The zero-order valence-corrected chi connectivity index (χ0v) is 10.1. The van der Waals surface area contributed by atoms with Gasteiger partial charge in [-0.25, -0.2) is 0 Å². The van der Waals surface area contributed by atoms with Crippen LogP contribution in [0.25, 0.3) is 0 Å². The van der Waals surface area contributed by atoms with Gasteiger partial charge in [-0.3, -0.25) is 9.89 Å². The van der Waals surface area contributed by atoms with Crippen molar-refractivity contribution in [1.29, 1.82) is 0 Å². The van der Waals surface area contributed by atoms with Crippen molar-refractivity contribution in [2.75, 3.05) is 0 Å². The van der Waals surface area contributed by atoms with Gasteiger partial charge in [-0.2, -0.15) is 5.10 Å². The standard InChI is InChI=1S/C13H19N3O/c1-10(12-8-14-15-9-12)16-13(17)7-11-5-3-2-4-6-11/h3,5,8-11H,2,4,6-7H2,1H3,(H,14,15)(H,16,17). The zero-order chi connectivity index (χ0) is 12.1. The van der Waals surface area contributed by atoms with Gasteiger partial charge >= 0.3 is 0 Å². The summed E-state index contributed by atoms with van der Waals surface area (Å²) in [5, 5.41) is 9.63. The average Bonchev–Trinajstić information content (AvgIpc) is 2.83. The van der Waals surface area contributed by atoms with Crippen LogP contribution < -0.4 is 5.32 Å². The highest BCUT2D eigenvalue weighted by Gasteiger charge is 2.15. The van der Waals surface area contributed by atoms with Crippen LogP contribution in [0.3, 0.4) is 0 Å². The Morgan fingerprint density at radius 1 is 1.71 bits per heavy atom. The van der Waals surface area contributed by atoms with E-state index < -0.39 is 0 Å². The number of rotatable bonds is 4. The Hall–Kier alpha value is -1.58. The predicted octanol–water partition coefficient (Wildman–Crippen LogP) is 2.33. The van der Waals surface area contributed by atoms with Crippen molar-refractivity contribution in [3.63, 3.8) is 0 Å². The molecule has 0 spiro atoms. The molecule has 1 amide bonds. The third-order valence-corrected chi connectivity index (χ3v) is 3.20. The number of nitrogens with one attached hydrogen (secondary N) is 2. The molecule has 1 aliphatic carbocycles. The highest BCUT2D eigenvalue weighted by Crippen LogP contribution is 2.20. The van der Waals surface area contributed by atoms with E-state index in [1.165, 1.54) is 6.42 Å². The minimum Gasteiger partial charge on any atom is -0.349 e. The number of carbonyl (C=O) groups excluding carboxylic acids is 1. The summed E-state index contributed by atoms with van der Waals surface area (Å²) in [4.78, 5) is 11.8. The minimum atomic E-state index is 0.0221. The van der Waals surface area contributed by atoms with E-state index >= 15 is 0 Å². The summed E-state index contributed by atoms with van der Waals surface area (Å²) in [6.45, 7) is 1.97. The van der Waals surface area contributed by atoms with E-state index in [9.17, 15) is 4.79 Å². The molecular weight excluding hydrogens is 214 g/mol. The van der Waals surface area contributed by atoms with Gasteiger partial charge in [-0.15, -0.1) is 0 Å². The quantitative estimate of drug-likeness (QED) is 0.784. The fraction of sp³-hybridized carbons (Fsp3) is 0.538. The fourth-order valence-corrected chi connectivity index (χ4v) is 2.17. The van der Waals surface area contributed by atoms with Gasteiger partial charge in [0.15, 0.2) is 0 Å². The lowest BCUT2D eigenvalue weighted by molar-refractivity contribution is -0.122. The molecule has 0 saturated carbocycles. The molecule has 0 aliphatic heterocycles. The van der Waals surface area contributed by atoms with Crippen LogP contribution in [0, 0.1) is 5.92 Å². The summed E-state index contributed by atoms with van der Waals surface area (Å²) in [5.41, 5.74) is 1.01. The summed E-state index contributed by atoms with van der Waals surface area (Å²) in [6.07, 6.45) is 12.0. The van der Waals surface area contributed by atoms with Crippen LogP contribution in [0.1, 0.15) is 44.2 Å². The molecule has 0 fully saturated rings. The van der Waals surface area contributed by atoms with E-state index in [1.807, 2.05) is 13.1 Å². The van der Waals surface area contributed by atoms with Gasteiger partial charge in [0.05, 0.1) is 12.2 Å². The predicted molar refractivity (Wildman–Crippen MR) is 66.2 cm³/mol. The number of allylic oxidation sites excluding steroid dienone is 2. The molecule has 17 heavy (non-hydrogen) atoms. The third-order valence-electron chi connectivity index (χ3n) is 3.20. The fourth-order valence-electron chi connectivity index (χ4n) is 2.17. The molecule has 0 saturated heterocycles. The van der Waals surface area contributed by atoms with Crippen molar-refractivity contribution in [3.05, 3.63) is 30.1 Å². The van der Waals surface area contributed by atoms with E-state index in [-0.39, 0.29) is 11.9 Å². The van der Waals surface area contributed by atoms with Crippen LogP contribution >= 0.6 is 0 Å². The molecule has 2 unspecified atom stereocenters. The molecule has 92 valence electrons. The third kappa shape index (κ3) is 3.44. The van der Waals surface area contributed by atoms with Crippen LogP contribution in [0.15, 0.2) is 24.5 Å². The molecule has 0 bridgehead atoms. The number of hydrogen-bond donors (Lipinski definition) is 2. The topological polar surface area (TPSA) is 57.8 Å². The van der Waals surface area contributed by atoms with Gasteiger partial charge in [0.2, 0.25) is 5.91 Å². The molecule has 1 aromatic heterocycles. The van der Waals surface area contributed by atoms with E-state index in [1.54, 1.807) is 6.20 Å². The summed E-state index contributed by atoms with van der Waals surface area (Å²) in [6, 6.07) is 0.0221. The number of aromatic amines is 1. The number of nitrogens with zero attached hydrogens (tertiary/aromatic N) is 1. The minimum absolute atomic E-state index is 0.0221. The summed E-state index contributed by atoms with van der Waals surface area (Å²) in [5.74, 6) is 0.538. The van der Waals surface area contributed by atoms with E-state index in [4.69, 9.17) is 0 Å². The zero-order valence-electron chi connectivity index (χ0n) is 10.1. The van der Waals surface area contributed by atoms with Crippen LogP contribution in [0.4, 0.5) is 0 Å². The van der Waals surface area contributed by atoms with Gasteiger partial charge < -0.3 is 5.32 Å². The number of amides is 1. The van der Waals surface area contributed by atoms with Crippen molar-refractivity contribution < 1.29 is 4.79 Å². The monoisotopic (exact) mass is 233 g/mol. The molecular formula is C13H19N3O. The molecule has 2 N–H and O–H groups in total. The summed E-state index contributed by atoms with van der Waals surface area (Å²) in [7, 11) is 0. The first-order valence-electron chi connectivity index (χ1n) is 6.20. The Morgan fingerprint density at radius 2 is 2.59 bits per heavy atom. The van der Waals surface area contributed by atoms with Gasteiger partial charge in [0.1, 0.15) is 0 Å². The van der Waals surface area contributed by atoms with Gasteiger partial charge in [-0.1, -0.05) is 12.2 Å². The van der Waals surface area contributed by atoms with Crippen molar-refractivity contribution in [2.24, 2.45) is 5.92 Å². The number of carbonyl (C=O) groups is 1. The molecule has 1 aliphatic rings. The normalized spacial score (nSPS) is 21.1. The number of hydrogen-bond acceptors (Lipinski definition) is 2. The SMILES string of the molecule is CC(NC(=O)CC1C=CCCC1)c1cn[nH]c1. The van der Waals surface area contributed by atoms with E-state index in [2.05, 4.69) is 27.7 Å². The highest BCUT2D eigenvalue weighted by molar-refractivity contribution is 5.76. The molecule has 2 rings (SSSR count). The highest BCUT2D eigenvalue weighted by atomic mass is 16.1. The van der Waals surface area contributed by atoms with Gasteiger partial charge in [0.25, 0.3) is 0 Å². The van der Waals surface area contributed by atoms with Gasteiger partial charge in [0, 0.05) is 18.2 Å². The molecule has 1 aromatic rings. The number of aromatic nitrogens is 2. The molecule has 1 heterocycles. The van der Waals surface area contributed by atoms with Crippen molar-refractivity contribution in [1.82, 2.24) is 15.5 Å². The Bertz CT molecular complexity index is 383. The first-order valence-corrected chi connectivity index (χ1v) is 6.20. The molecule has 0 radical (unpaired) electrons. The van der Waals surface area contributed by atoms with Crippen LogP contribution in [0.2, 0.25) is 0 Å². The van der Waals surface area contributed by atoms with E-state index in [0.29, 0.717) is 12.3 Å².